The summed E-state index contributed by atoms with van der Waals surface area (Å²) in [5, 5.41) is 0. The average molecular weight is 125 g/mol. The predicted molar refractivity (Wildman–Crippen MR) is 40.2 cm³/mol. The van der Waals surface area contributed by atoms with E-state index in [1.807, 2.05) is 0 Å². The predicted octanol–water partition coefficient (Wildman–Crippen LogP) is 1.83. The Morgan fingerprint density at radius 2 is 2.11 bits per heavy atom. The molecule has 0 heterocycles. The number of hydrogen-bond donors (Lipinski definition) is 1. The molecule has 0 fully saturated rings. The highest BCUT2D eigenvalue weighted by Crippen LogP contribution is 2.09. The van der Waals surface area contributed by atoms with Crippen molar-refractivity contribution in [3.63, 3.8) is 0 Å². The zero-order chi connectivity index (χ0) is 6.53. The van der Waals surface area contributed by atoms with E-state index in [-0.39, 0.29) is 0 Å². The van der Waals surface area contributed by atoms with Gasteiger partial charge in [0, 0.05) is 6.04 Å². The number of nitrogens with two attached hydrogens (primary N) is 1. The van der Waals surface area contributed by atoms with Crippen molar-refractivity contribution in [3.8, 4) is 0 Å². The molecule has 2 N–H and O–H groups in total. The third-order valence-corrected chi connectivity index (χ3v) is 1.79. The second-order valence-electron chi connectivity index (χ2n) is 2.73. The van der Waals surface area contributed by atoms with Crippen molar-refractivity contribution in [1.82, 2.24) is 0 Å². The van der Waals surface area contributed by atoms with E-state index in [9.17, 15) is 0 Å². The van der Waals surface area contributed by atoms with E-state index in [1.165, 1.54) is 32.1 Å². The normalized spacial score (nSPS) is 32.8. The zero-order valence-electron chi connectivity index (χ0n) is 5.84. The lowest BCUT2D eigenvalue weighted by Crippen LogP contribution is -2.16. The molecule has 0 saturated heterocycles. The van der Waals surface area contributed by atoms with Crippen LogP contribution in [0.3, 0.4) is 0 Å². The maximum Gasteiger partial charge on any atom is 0.0223 e. The lowest BCUT2D eigenvalue weighted by Gasteiger charge is -2.08. The highest BCUT2D eigenvalue weighted by molar-refractivity contribution is 4.92. The van der Waals surface area contributed by atoms with Gasteiger partial charge in [0.2, 0.25) is 0 Å². The van der Waals surface area contributed by atoms with Crippen LogP contribution < -0.4 is 5.73 Å². The molecule has 9 heavy (non-hydrogen) atoms. The van der Waals surface area contributed by atoms with Crippen molar-refractivity contribution in [2.24, 2.45) is 5.73 Å². The maximum absolute atomic E-state index is 5.72. The van der Waals surface area contributed by atoms with Gasteiger partial charge >= 0.3 is 0 Å². The van der Waals surface area contributed by atoms with Gasteiger partial charge in [-0.2, -0.15) is 0 Å². The van der Waals surface area contributed by atoms with Gasteiger partial charge in [0.25, 0.3) is 0 Å². The van der Waals surface area contributed by atoms with Crippen LogP contribution in [-0.2, 0) is 0 Å². The van der Waals surface area contributed by atoms with Crippen molar-refractivity contribution in [2.75, 3.05) is 0 Å². The van der Waals surface area contributed by atoms with E-state index < -0.39 is 0 Å². The van der Waals surface area contributed by atoms with Gasteiger partial charge in [-0.15, -0.1) is 0 Å². The molecule has 0 spiro atoms. The van der Waals surface area contributed by atoms with Crippen molar-refractivity contribution < 1.29 is 0 Å². The summed E-state index contributed by atoms with van der Waals surface area (Å²) in [6.07, 6.45) is 10.8. The number of hydrogen-bond acceptors (Lipinski definition) is 1. The summed E-state index contributed by atoms with van der Waals surface area (Å²) < 4.78 is 0. The first kappa shape index (κ1) is 6.81. The summed E-state index contributed by atoms with van der Waals surface area (Å²) in [6.45, 7) is 0. The van der Waals surface area contributed by atoms with Crippen LogP contribution in [0.2, 0.25) is 0 Å². The van der Waals surface area contributed by atoms with E-state index in [0.717, 1.165) is 0 Å². The van der Waals surface area contributed by atoms with Gasteiger partial charge < -0.3 is 5.73 Å². The fourth-order valence-corrected chi connectivity index (χ4v) is 1.19. The average Bonchev–Trinajstić information content (AvgIpc) is 1.79. The van der Waals surface area contributed by atoms with E-state index >= 15 is 0 Å². The Bertz CT molecular complexity index is 96.7. The van der Waals surface area contributed by atoms with Crippen LogP contribution >= 0.6 is 0 Å². The molecule has 0 bridgehead atoms. The summed E-state index contributed by atoms with van der Waals surface area (Å²) in [5.41, 5.74) is 5.72. The minimum Gasteiger partial charge on any atom is -0.324 e. The summed E-state index contributed by atoms with van der Waals surface area (Å²) >= 11 is 0. The van der Waals surface area contributed by atoms with Crippen LogP contribution in [0.4, 0.5) is 0 Å². The van der Waals surface area contributed by atoms with Crippen LogP contribution in [0.25, 0.3) is 0 Å². The second-order valence-corrected chi connectivity index (χ2v) is 2.73. The van der Waals surface area contributed by atoms with Gasteiger partial charge in [0.1, 0.15) is 0 Å². The Morgan fingerprint density at radius 3 is 3.00 bits per heavy atom. The Kier molecular flexibility index (Phi) is 2.78. The smallest absolute Gasteiger partial charge is 0.0223 e. The molecule has 1 unspecified atom stereocenters. The second kappa shape index (κ2) is 3.67. The molecule has 0 aromatic heterocycles. The summed E-state index contributed by atoms with van der Waals surface area (Å²) in [5.74, 6) is 0. The first-order chi connectivity index (χ1) is 4.39. The van der Waals surface area contributed by atoms with Crippen LogP contribution in [0, 0.1) is 0 Å². The van der Waals surface area contributed by atoms with Gasteiger partial charge in [-0.1, -0.05) is 25.0 Å². The van der Waals surface area contributed by atoms with E-state index in [0.29, 0.717) is 6.04 Å². The lowest BCUT2D eigenvalue weighted by atomic mass is 10.0. The van der Waals surface area contributed by atoms with Crippen molar-refractivity contribution in [2.45, 2.75) is 38.1 Å². The molecule has 0 aromatic rings. The minimum absolute atomic E-state index is 0.338. The lowest BCUT2D eigenvalue weighted by molar-refractivity contribution is 0.593. The summed E-state index contributed by atoms with van der Waals surface area (Å²) in [4.78, 5) is 0. The van der Waals surface area contributed by atoms with Crippen LogP contribution in [-0.4, -0.2) is 6.04 Å². The SMILES string of the molecule is NC1/C=C\CCCCC1. The molecule has 1 rings (SSSR count). The summed E-state index contributed by atoms with van der Waals surface area (Å²) in [7, 11) is 0. The van der Waals surface area contributed by atoms with Crippen LogP contribution in [0.5, 0.6) is 0 Å². The number of rotatable bonds is 0. The highest BCUT2D eigenvalue weighted by Gasteiger charge is 1.98. The minimum atomic E-state index is 0.338. The third kappa shape index (κ3) is 2.66. The van der Waals surface area contributed by atoms with Gasteiger partial charge in [-0.25, -0.2) is 0 Å². The molecule has 0 aromatic carbocycles. The Labute approximate surface area is 56.9 Å². The number of allylic oxidation sites excluding steroid dienone is 1. The first-order valence-electron chi connectivity index (χ1n) is 3.82. The molecule has 1 aliphatic carbocycles. The van der Waals surface area contributed by atoms with E-state index in [1.54, 1.807) is 0 Å². The third-order valence-electron chi connectivity index (χ3n) is 1.79. The quantitative estimate of drug-likeness (QED) is 0.491. The highest BCUT2D eigenvalue weighted by atomic mass is 14.6. The molecular formula is C8H15N. The van der Waals surface area contributed by atoms with Crippen molar-refractivity contribution in [1.29, 1.82) is 0 Å². The van der Waals surface area contributed by atoms with Gasteiger partial charge in [-0.3, -0.25) is 0 Å². The molecule has 1 atom stereocenters. The molecule has 1 heteroatoms. The Morgan fingerprint density at radius 1 is 1.22 bits per heavy atom. The molecule has 52 valence electrons. The van der Waals surface area contributed by atoms with Crippen molar-refractivity contribution >= 4 is 0 Å². The van der Waals surface area contributed by atoms with Gasteiger partial charge in [0.15, 0.2) is 0 Å². The monoisotopic (exact) mass is 125 g/mol. The van der Waals surface area contributed by atoms with Gasteiger partial charge in [0.05, 0.1) is 0 Å². The fourth-order valence-electron chi connectivity index (χ4n) is 1.19. The van der Waals surface area contributed by atoms with Crippen LogP contribution in [0.1, 0.15) is 32.1 Å². The molecular weight excluding hydrogens is 110 g/mol. The summed E-state index contributed by atoms with van der Waals surface area (Å²) in [6, 6.07) is 0.338. The zero-order valence-corrected chi connectivity index (χ0v) is 5.84. The Balaban J connectivity index is 2.30. The van der Waals surface area contributed by atoms with Crippen molar-refractivity contribution in [3.05, 3.63) is 12.2 Å². The van der Waals surface area contributed by atoms with E-state index in [4.69, 9.17) is 5.73 Å². The first-order valence-corrected chi connectivity index (χ1v) is 3.82. The van der Waals surface area contributed by atoms with E-state index in [2.05, 4.69) is 12.2 Å². The standard InChI is InChI=1S/C8H15N/c9-8-6-4-2-1-3-5-7-8/h4,6,8H,1-3,5,7,9H2/b6-4-. The molecule has 1 nitrogen and oxygen atoms in total. The fraction of sp³-hybridized carbons (Fsp3) is 0.750. The van der Waals surface area contributed by atoms with Gasteiger partial charge in [-0.05, 0) is 19.3 Å². The molecule has 1 aliphatic rings. The molecule has 0 amide bonds. The maximum atomic E-state index is 5.72. The molecule has 0 saturated carbocycles. The topological polar surface area (TPSA) is 26.0 Å². The Hall–Kier alpha value is -0.300. The largest absolute Gasteiger partial charge is 0.324 e. The van der Waals surface area contributed by atoms with Crippen LogP contribution in [0.15, 0.2) is 12.2 Å². The molecule has 0 aliphatic heterocycles. The molecule has 0 radical (unpaired) electrons.